The van der Waals surface area contributed by atoms with Crippen LogP contribution < -0.4 is 9.84 Å². The second-order valence-electron chi connectivity index (χ2n) is 3.65. The van der Waals surface area contributed by atoms with Crippen molar-refractivity contribution in [3.63, 3.8) is 0 Å². The van der Waals surface area contributed by atoms with Gasteiger partial charge in [-0.3, -0.25) is 5.01 Å². The highest BCUT2D eigenvalue weighted by Crippen LogP contribution is 2.18. The van der Waals surface area contributed by atoms with Crippen LogP contribution >= 0.6 is 0 Å². The van der Waals surface area contributed by atoms with Gasteiger partial charge in [-0.2, -0.15) is 0 Å². The Bertz CT molecular complexity index is 649. The maximum atomic E-state index is 11.1. The minimum absolute atomic E-state index is 0.404. The molecule has 0 spiro atoms. The van der Waals surface area contributed by atoms with Crippen molar-refractivity contribution < 1.29 is 8.42 Å². The first-order valence-corrected chi connectivity index (χ1v) is 6.61. The number of rotatable bonds is 3. The molecule has 0 amide bonds. The fourth-order valence-corrected chi connectivity index (χ4v) is 2.05. The zero-order valence-corrected chi connectivity index (χ0v) is 10.4. The topological polar surface area (TPSA) is 93.0 Å². The number of aryl methyl sites for hydroxylation is 1. The molecule has 0 aromatic carbocycles. The smallest absolute Gasteiger partial charge is 0.225 e. The van der Waals surface area contributed by atoms with Crippen molar-refractivity contribution in [3.05, 3.63) is 12.7 Å². The molecule has 8 nitrogen and oxygen atoms in total. The normalized spacial score (nSPS) is 11.9. The Morgan fingerprint density at radius 3 is 2.71 bits per heavy atom. The lowest BCUT2D eigenvalue weighted by Crippen LogP contribution is -2.39. The Morgan fingerprint density at radius 1 is 1.35 bits per heavy atom. The number of fused-ring (bicyclic) bond motifs is 1. The van der Waals surface area contributed by atoms with Gasteiger partial charge in [0.15, 0.2) is 17.0 Å². The molecule has 0 unspecified atom stereocenters. The molecule has 2 aromatic rings. The summed E-state index contributed by atoms with van der Waals surface area (Å²) in [7, 11) is 0.00236. The Balaban J connectivity index is 2.48. The number of hydrazine groups is 1. The molecule has 9 heteroatoms. The third-order valence-corrected chi connectivity index (χ3v) is 2.70. The number of aromatic nitrogens is 4. The third kappa shape index (κ3) is 2.34. The lowest BCUT2D eigenvalue weighted by molar-refractivity contribution is 0.586. The molecule has 0 bridgehead atoms. The highest BCUT2D eigenvalue weighted by Gasteiger charge is 2.14. The van der Waals surface area contributed by atoms with Crippen LogP contribution in [0.25, 0.3) is 11.2 Å². The Morgan fingerprint density at radius 2 is 2.06 bits per heavy atom. The van der Waals surface area contributed by atoms with Gasteiger partial charge in [-0.1, -0.05) is 0 Å². The average Bonchev–Trinajstić information content (AvgIpc) is 2.58. The molecule has 0 saturated carbocycles. The summed E-state index contributed by atoms with van der Waals surface area (Å²) < 4.78 is 24.0. The van der Waals surface area contributed by atoms with Crippen LogP contribution in [0.5, 0.6) is 0 Å². The molecule has 0 saturated heterocycles. The number of hydrogen-bond acceptors (Lipinski definition) is 6. The van der Waals surface area contributed by atoms with Crippen molar-refractivity contribution >= 4 is 27.0 Å². The van der Waals surface area contributed by atoms with Gasteiger partial charge >= 0.3 is 0 Å². The van der Waals surface area contributed by atoms with E-state index < -0.39 is 10.0 Å². The fraction of sp³-hybridized carbons (Fsp3) is 0.375. The van der Waals surface area contributed by atoms with Gasteiger partial charge in [0, 0.05) is 14.1 Å². The van der Waals surface area contributed by atoms with Crippen molar-refractivity contribution in [2.45, 2.75) is 0 Å². The van der Waals surface area contributed by atoms with E-state index in [1.807, 2.05) is 0 Å². The van der Waals surface area contributed by atoms with Crippen LogP contribution in [0.15, 0.2) is 12.7 Å². The first-order valence-electron chi connectivity index (χ1n) is 4.71. The summed E-state index contributed by atoms with van der Waals surface area (Å²) in [6, 6.07) is 0. The summed E-state index contributed by atoms with van der Waals surface area (Å²) >= 11 is 0. The van der Waals surface area contributed by atoms with E-state index in [1.165, 1.54) is 11.3 Å². The highest BCUT2D eigenvalue weighted by atomic mass is 32.2. The van der Waals surface area contributed by atoms with Crippen LogP contribution in [0.4, 0.5) is 5.82 Å². The zero-order valence-electron chi connectivity index (χ0n) is 9.62. The molecule has 0 aliphatic heterocycles. The van der Waals surface area contributed by atoms with Gasteiger partial charge in [-0.05, 0) is 0 Å². The zero-order chi connectivity index (χ0) is 12.6. The Hall–Kier alpha value is -1.74. The summed E-state index contributed by atoms with van der Waals surface area (Å²) in [6.07, 6.45) is 4.03. The number of anilines is 1. The van der Waals surface area contributed by atoms with Crippen molar-refractivity contribution in [2.75, 3.05) is 18.3 Å². The number of imidazole rings is 1. The van der Waals surface area contributed by atoms with Gasteiger partial charge in [0.1, 0.15) is 6.33 Å². The molecule has 2 rings (SSSR count). The van der Waals surface area contributed by atoms with Crippen molar-refractivity contribution in [1.29, 1.82) is 0 Å². The van der Waals surface area contributed by atoms with E-state index in [2.05, 4.69) is 19.8 Å². The van der Waals surface area contributed by atoms with Crippen molar-refractivity contribution in [1.82, 2.24) is 24.4 Å². The third-order valence-electron chi connectivity index (χ3n) is 2.10. The molecule has 2 aromatic heterocycles. The van der Waals surface area contributed by atoms with Gasteiger partial charge in [0.05, 0.1) is 12.6 Å². The van der Waals surface area contributed by atoms with Crippen molar-refractivity contribution in [3.8, 4) is 0 Å². The van der Waals surface area contributed by atoms with Gasteiger partial charge in [-0.15, -0.1) is 4.83 Å². The van der Waals surface area contributed by atoms with Gasteiger partial charge < -0.3 is 4.57 Å². The monoisotopic (exact) mass is 256 g/mol. The van der Waals surface area contributed by atoms with E-state index in [9.17, 15) is 8.42 Å². The summed E-state index contributed by atoms with van der Waals surface area (Å²) in [5.74, 6) is 0.404. The number of nitrogens with one attached hydrogen (secondary N) is 1. The van der Waals surface area contributed by atoms with E-state index in [1.54, 1.807) is 25.0 Å². The van der Waals surface area contributed by atoms with Gasteiger partial charge in [0.25, 0.3) is 0 Å². The first kappa shape index (κ1) is 11.7. The SMILES string of the molecule is CN(NS(C)(=O)=O)c1ncnc2c1ncn2C. The fourth-order valence-electron chi connectivity index (χ4n) is 1.47. The minimum atomic E-state index is -3.35. The summed E-state index contributed by atoms with van der Waals surface area (Å²) in [5, 5.41) is 1.30. The molecule has 2 heterocycles. The van der Waals surface area contributed by atoms with Crippen LogP contribution in [0.2, 0.25) is 0 Å². The lowest BCUT2D eigenvalue weighted by atomic mass is 10.5. The summed E-state index contributed by atoms with van der Waals surface area (Å²) in [5.41, 5.74) is 1.17. The van der Waals surface area contributed by atoms with Gasteiger partial charge in [-0.25, -0.2) is 23.4 Å². The van der Waals surface area contributed by atoms with E-state index in [4.69, 9.17) is 0 Å². The standard InChI is InChI=1S/C8H12N6O2S/c1-13-5-11-6-7(13)9-4-10-8(6)14(2)12-17(3,15)16/h4-5,12H,1-3H3. The van der Waals surface area contributed by atoms with Crippen molar-refractivity contribution in [2.24, 2.45) is 7.05 Å². The van der Waals surface area contributed by atoms with Crippen LogP contribution in [-0.4, -0.2) is 41.2 Å². The van der Waals surface area contributed by atoms with E-state index in [0.717, 1.165) is 6.26 Å². The molecule has 0 fully saturated rings. The molecule has 0 aliphatic rings. The van der Waals surface area contributed by atoms with Gasteiger partial charge in [0.2, 0.25) is 10.0 Å². The van der Waals surface area contributed by atoms with E-state index >= 15 is 0 Å². The largest absolute Gasteiger partial charge is 0.318 e. The maximum absolute atomic E-state index is 11.1. The van der Waals surface area contributed by atoms with Crippen LogP contribution in [0.1, 0.15) is 0 Å². The molecule has 0 atom stereocenters. The van der Waals surface area contributed by atoms with Crippen LogP contribution in [0, 0.1) is 0 Å². The average molecular weight is 256 g/mol. The molecular weight excluding hydrogens is 244 g/mol. The molecule has 92 valence electrons. The number of hydrogen-bond donors (Lipinski definition) is 1. The van der Waals surface area contributed by atoms with E-state index in [-0.39, 0.29) is 0 Å². The predicted octanol–water partition coefficient (Wildman–Crippen LogP) is -0.736. The first-order chi connectivity index (χ1) is 7.88. The highest BCUT2D eigenvalue weighted by molar-refractivity contribution is 7.88. The maximum Gasteiger partial charge on any atom is 0.225 e. The number of sulfonamides is 1. The van der Waals surface area contributed by atoms with Crippen LogP contribution in [0.3, 0.4) is 0 Å². The minimum Gasteiger partial charge on any atom is -0.318 e. The second-order valence-corrected chi connectivity index (χ2v) is 5.37. The molecule has 17 heavy (non-hydrogen) atoms. The molecular formula is C8H12N6O2S. The second kappa shape index (κ2) is 3.93. The summed E-state index contributed by atoms with van der Waals surface area (Å²) in [4.78, 5) is 14.5. The Labute approximate surface area is 98.3 Å². The number of nitrogens with zero attached hydrogens (tertiary/aromatic N) is 5. The lowest BCUT2D eigenvalue weighted by Gasteiger charge is -2.17. The van der Waals surface area contributed by atoms with Crippen LogP contribution in [-0.2, 0) is 17.1 Å². The quantitative estimate of drug-likeness (QED) is 0.727. The summed E-state index contributed by atoms with van der Waals surface area (Å²) in [6.45, 7) is 0. The van der Waals surface area contributed by atoms with E-state index in [0.29, 0.717) is 17.0 Å². The Kier molecular flexibility index (Phi) is 2.71. The molecule has 0 aliphatic carbocycles. The molecule has 1 N–H and O–H groups in total. The predicted molar refractivity (Wildman–Crippen MR) is 62.7 cm³/mol. The molecule has 0 radical (unpaired) electrons.